The van der Waals surface area contributed by atoms with E-state index >= 15 is 0 Å². The number of carbonyl (C=O) groups excluding carboxylic acids is 1. The number of hydrogen-bond acceptors (Lipinski definition) is 2. The first-order chi connectivity index (χ1) is 3.66. The minimum atomic E-state index is 0.0401. The fourth-order valence-electron chi connectivity index (χ4n) is 0.345. The van der Waals surface area contributed by atoms with Gasteiger partial charge in [0, 0.05) is 6.08 Å². The van der Waals surface area contributed by atoms with Gasteiger partial charge in [0.1, 0.15) is 0 Å². The van der Waals surface area contributed by atoms with E-state index in [0.717, 1.165) is 0 Å². The molecule has 8 heavy (non-hydrogen) atoms. The minimum absolute atomic E-state index is 0.0401. The number of carbonyl (C=O) groups is 1. The Labute approximate surface area is 57.3 Å². The Kier molecular flexibility index (Phi) is 3.59. The van der Waals surface area contributed by atoms with Gasteiger partial charge in [-0.1, -0.05) is 0 Å². The van der Waals surface area contributed by atoms with Gasteiger partial charge in [0.15, 0.2) is 5.78 Å². The Hall–Kier alpha value is -0.258. The van der Waals surface area contributed by atoms with Crippen molar-refractivity contribution in [2.45, 2.75) is 13.8 Å². The fourth-order valence-corrected chi connectivity index (χ4v) is 0.463. The fraction of sp³-hybridized carbons (Fsp3) is 0.400. The number of allylic oxidation sites excluding steroid dienone is 2. The molecule has 0 N–H and O–H groups in total. The molecule has 0 bridgehead atoms. The Morgan fingerprint density at radius 2 is 2.12 bits per heavy atom. The molecular formula is C5H9AlO2. The van der Waals surface area contributed by atoms with E-state index in [2.05, 4.69) is 0 Å². The predicted octanol–water partition coefficient (Wildman–Crippen LogP) is 0.0439. The third-order valence-electron chi connectivity index (χ3n) is 0.729. The van der Waals surface area contributed by atoms with E-state index in [4.69, 9.17) is 3.79 Å². The van der Waals surface area contributed by atoms with E-state index in [1.54, 1.807) is 6.92 Å². The first-order valence-electron chi connectivity index (χ1n) is 2.39. The molecule has 3 heteroatoms. The summed E-state index contributed by atoms with van der Waals surface area (Å²) in [7, 11) is 0. The van der Waals surface area contributed by atoms with Crippen LogP contribution in [0.1, 0.15) is 13.8 Å². The van der Waals surface area contributed by atoms with Gasteiger partial charge in [-0.15, -0.1) is 0 Å². The standard InChI is InChI=1S/C5H8O2.Al.2H/c1-4(6)3-5(2)7;;;/h3,6H,1-2H3;;;/q;+1;;/p-1/b4-3+;;;. The second kappa shape index (κ2) is 3.71. The van der Waals surface area contributed by atoms with E-state index in [-0.39, 0.29) is 5.78 Å². The third kappa shape index (κ3) is 3.92. The van der Waals surface area contributed by atoms with Crippen molar-refractivity contribution < 1.29 is 8.58 Å². The van der Waals surface area contributed by atoms with E-state index in [0.29, 0.717) is 22.4 Å². The summed E-state index contributed by atoms with van der Waals surface area (Å²) in [5.74, 6) is 0.752. The molecule has 0 aliphatic carbocycles. The van der Waals surface area contributed by atoms with E-state index in [9.17, 15) is 4.79 Å². The quantitative estimate of drug-likeness (QED) is 0.298. The lowest BCUT2D eigenvalue weighted by molar-refractivity contribution is -0.112. The molecule has 2 nitrogen and oxygen atoms in total. The van der Waals surface area contributed by atoms with Crippen molar-refractivity contribution in [2.75, 3.05) is 0 Å². The topological polar surface area (TPSA) is 26.3 Å². The summed E-state index contributed by atoms with van der Waals surface area (Å²) in [4.78, 5) is 10.3. The van der Waals surface area contributed by atoms with Gasteiger partial charge in [-0.05, 0) is 13.8 Å². The molecule has 0 heterocycles. The lowest BCUT2D eigenvalue weighted by Gasteiger charge is -1.96. The zero-order chi connectivity index (χ0) is 6.57. The molecular weight excluding hydrogens is 119 g/mol. The van der Waals surface area contributed by atoms with Gasteiger partial charge in [0.25, 0.3) is 0 Å². The number of hydrogen-bond donors (Lipinski definition) is 0. The van der Waals surface area contributed by atoms with Crippen molar-refractivity contribution in [1.29, 1.82) is 0 Å². The van der Waals surface area contributed by atoms with E-state index in [1.165, 1.54) is 13.0 Å². The van der Waals surface area contributed by atoms with Crippen LogP contribution in [0.3, 0.4) is 0 Å². The average Bonchev–Trinajstić information content (AvgIpc) is 1.65. The molecule has 0 aliphatic rings. The van der Waals surface area contributed by atoms with Crippen molar-refractivity contribution in [3.63, 3.8) is 0 Å². The van der Waals surface area contributed by atoms with Crippen molar-refractivity contribution >= 4 is 22.4 Å². The molecule has 0 fully saturated rings. The minimum Gasteiger partial charge on any atom is -0.651 e. The third-order valence-corrected chi connectivity index (χ3v) is 1.37. The summed E-state index contributed by atoms with van der Waals surface area (Å²) < 4.78 is 4.84. The van der Waals surface area contributed by atoms with Crippen LogP contribution in [0.15, 0.2) is 11.8 Å². The predicted molar refractivity (Wildman–Crippen MR) is 34.1 cm³/mol. The first-order valence-corrected chi connectivity index (χ1v) is 3.21. The highest BCUT2D eigenvalue weighted by Crippen LogP contribution is 1.89. The molecule has 44 valence electrons. The summed E-state index contributed by atoms with van der Waals surface area (Å²) in [5, 5.41) is 0. The van der Waals surface area contributed by atoms with Gasteiger partial charge >= 0.3 is 16.6 Å². The van der Waals surface area contributed by atoms with Crippen LogP contribution in [0.4, 0.5) is 0 Å². The van der Waals surface area contributed by atoms with Crippen molar-refractivity contribution in [3.05, 3.63) is 11.8 Å². The number of rotatable bonds is 2. The highest BCUT2D eigenvalue weighted by atomic mass is 27.1. The lowest BCUT2D eigenvalue weighted by atomic mass is 10.4. The maximum Gasteiger partial charge on any atom is 0.496 e. The summed E-state index contributed by atoms with van der Waals surface area (Å²) >= 11 is 0.658. The molecule has 0 saturated heterocycles. The van der Waals surface area contributed by atoms with Crippen LogP contribution in [0.2, 0.25) is 0 Å². The second-order valence-electron chi connectivity index (χ2n) is 1.57. The van der Waals surface area contributed by atoms with Gasteiger partial charge in [0.2, 0.25) is 0 Å². The monoisotopic (exact) mass is 128 g/mol. The second-order valence-corrected chi connectivity index (χ2v) is 1.98. The molecule has 0 aromatic rings. The van der Waals surface area contributed by atoms with Crippen LogP contribution < -0.4 is 0 Å². The molecule has 0 atom stereocenters. The van der Waals surface area contributed by atoms with Crippen molar-refractivity contribution in [1.82, 2.24) is 0 Å². The van der Waals surface area contributed by atoms with Crippen LogP contribution in [-0.2, 0) is 8.58 Å². The summed E-state index contributed by atoms with van der Waals surface area (Å²) in [5.41, 5.74) is 0. The van der Waals surface area contributed by atoms with Crippen molar-refractivity contribution in [3.8, 4) is 0 Å². The maximum atomic E-state index is 10.3. The van der Waals surface area contributed by atoms with Crippen molar-refractivity contribution in [2.24, 2.45) is 0 Å². The Morgan fingerprint density at radius 3 is 2.25 bits per heavy atom. The Bertz CT molecular complexity index is 118. The van der Waals surface area contributed by atoms with Crippen LogP contribution in [-0.4, -0.2) is 22.4 Å². The summed E-state index contributed by atoms with van der Waals surface area (Å²) in [6.07, 6.45) is 1.48. The molecule has 0 amide bonds. The molecule has 0 aliphatic heterocycles. The molecule has 0 saturated carbocycles. The molecule has 0 radical (unpaired) electrons. The molecule has 0 aromatic carbocycles. The van der Waals surface area contributed by atoms with Crippen LogP contribution in [0.5, 0.6) is 0 Å². The summed E-state index contributed by atoms with van der Waals surface area (Å²) in [6, 6.07) is 0. The highest BCUT2D eigenvalue weighted by Gasteiger charge is 1.85. The largest absolute Gasteiger partial charge is 0.651 e. The van der Waals surface area contributed by atoms with Crippen LogP contribution >= 0.6 is 0 Å². The summed E-state index contributed by atoms with van der Waals surface area (Å²) in [6.45, 7) is 3.28. The average molecular weight is 128 g/mol. The van der Waals surface area contributed by atoms with Crippen LogP contribution in [0, 0.1) is 0 Å². The zero-order valence-corrected chi connectivity index (χ0v) is 7.39. The van der Waals surface area contributed by atoms with Gasteiger partial charge < -0.3 is 3.79 Å². The number of ketones is 1. The van der Waals surface area contributed by atoms with Gasteiger partial charge in [0.05, 0.1) is 5.76 Å². The molecule has 0 rings (SSSR count). The lowest BCUT2D eigenvalue weighted by Crippen LogP contribution is -1.87. The molecule has 0 spiro atoms. The maximum absolute atomic E-state index is 10.3. The van der Waals surface area contributed by atoms with Gasteiger partial charge in [-0.2, -0.15) is 0 Å². The van der Waals surface area contributed by atoms with Crippen LogP contribution in [0.25, 0.3) is 0 Å². The molecule has 0 unspecified atom stereocenters. The Balaban J connectivity index is 3.75. The first kappa shape index (κ1) is 7.74. The highest BCUT2D eigenvalue weighted by molar-refractivity contribution is 5.99. The van der Waals surface area contributed by atoms with E-state index < -0.39 is 0 Å². The van der Waals surface area contributed by atoms with Gasteiger partial charge in [-0.3, -0.25) is 4.79 Å². The smallest absolute Gasteiger partial charge is 0.496 e. The zero-order valence-electron chi connectivity index (χ0n) is 5.39. The Morgan fingerprint density at radius 1 is 1.62 bits per heavy atom. The molecule has 0 aromatic heterocycles. The van der Waals surface area contributed by atoms with Gasteiger partial charge in [-0.25, -0.2) is 0 Å². The SMILES string of the molecule is CC(=O)/C=C(\C)[O][AlH2]. The normalized spacial score (nSPS) is 11.0. The van der Waals surface area contributed by atoms with E-state index in [1.807, 2.05) is 0 Å².